The Kier molecular flexibility index (Phi) is 4.30. The first-order valence-electron chi connectivity index (χ1n) is 7.00. The number of hydrogen-bond acceptors (Lipinski definition) is 3. The molecule has 0 aliphatic rings. The highest BCUT2D eigenvalue weighted by molar-refractivity contribution is 6.31. The fourth-order valence-corrected chi connectivity index (χ4v) is 2.44. The Bertz CT molecular complexity index is 991. The molecule has 0 aliphatic heterocycles. The van der Waals surface area contributed by atoms with E-state index < -0.39 is 23.4 Å². The van der Waals surface area contributed by atoms with Crippen LogP contribution in [-0.4, -0.2) is 10.5 Å². The van der Waals surface area contributed by atoms with Crippen LogP contribution < -0.4 is 11.1 Å². The number of alkyl halides is 3. The quantitative estimate of drug-likeness (QED) is 0.760. The monoisotopic (exact) mass is 370 g/mol. The van der Waals surface area contributed by atoms with Crippen molar-refractivity contribution in [3.8, 4) is 0 Å². The molecule has 130 valence electrons. The third kappa shape index (κ3) is 3.69. The molecule has 0 saturated carbocycles. The van der Waals surface area contributed by atoms with Crippen LogP contribution >= 0.6 is 11.6 Å². The number of carbonyl (C=O) groups excluding carboxylic acids is 1. The van der Waals surface area contributed by atoms with Crippen molar-refractivity contribution in [1.29, 1.82) is 0 Å². The minimum atomic E-state index is -4.45. The molecule has 25 heavy (non-hydrogen) atoms. The molecule has 1 amide bonds. The summed E-state index contributed by atoms with van der Waals surface area (Å²) in [6.45, 7) is -0.353. The maximum atomic E-state index is 12.5. The van der Waals surface area contributed by atoms with Crippen LogP contribution in [0.1, 0.15) is 5.56 Å². The zero-order chi connectivity index (χ0) is 18.2. The van der Waals surface area contributed by atoms with Crippen molar-refractivity contribution in [2.24, 2.45) is 0 Å². The van der Waals surface area contributed by atoms with E-state index in [4.69, 9.17) is 16.0 Å². The molecule has 3 rings (SSSR count). The number of aromatic nitrogens is 1. The van der Waals surface area contributed by atoms with E-state index in [2.05, 4.69) is 5.32 Å². The SMILES string of the molecule is O=C(Cn1c(=O)oc2cc(Cl)ccc21)Nc1ccc(C(F)(F)F)cc1. The maximum absolute atomic E-state index is 12.5. The van der Waals surface area contributed by atoms with Gasteiger partial charge in [0, 0.05) is 16.8 Å². The molecule has 5 nitrogen and oxygen atoms in total. The Labute approximate surface area is 143 Å². The summed E-state index contributed by atoms with van der Waals surface area (Å²) in [7, 11) is 0. The number of anilines is 1. The number of nitrogens with one attached hydrogen (secondary N) is 1. The number of nitrogens with zero attached hydrogens (tertiary/aromatic N) is 1. The zero-order valence-corrected chi connectivity index (χ0v) is 13.2. The summed E-state index contributed by atoms with van der Waals surface area (Å²) in [5.41, 5.74) is -0.0156. The molecule has 3 aromatic rings. The van der Waals surface area contributed by atoms with Crippen molar-refractivity contribution in [1.82, 2.24) is 4.57 Å². The summed E-state index contributed by atoms with van der Waals surface area (Å²) in [5, 5.41) is 2.81. The normalized spacial score (nSPS) is 11.7. The maximum Gasteiger partial charge on any atom is 0.420 e. The molecular weight excluding hydrogens is 361 g/mol. The van der Waals surface area contributed by atoms with Gasteiger partial charge in [0.05, 0.1) is 11.1 Å². The second-order valence-electron chi connectivity index (χ2n) is 5.19. The molecule has 0 saturated heterocycles. The fourth-order valence-electron chi connectivity index (χ4n) is 2.28. The van der Waals surface area contributed by atoms with Gasteiger partial charge in [-0.15, -0.1) is 0 Å². The third-order valence-electron chi connectivity index (χ3n) is 3.43. The van der Waals surface area contributed by atoms with Crippen LogP contribution in [0, 0.1) is 0 Å². The highest BCUT2D eigenvalue weighted by Crippen LogP contribution is 2.29. The van der Waals surface area contributed by atoms with Crippen molar-refractivity contribution < 1.29 is 22.4 Å². The lowest BCUT2D eigenvalue weighted by Gasteiger charge is -2.09. The first kappa shape index (κ1) is 17.1. The van der Waals surface area contributed by atoms with Crippen LogP contribution in [0.5, 0.6) is 0 Å². The van der Waals surface area contributed by atoms with E-state index in [1.165, 1.54) is 12.1 Å². The third-order valence-corrected chi connectivity index (χ3v) is 3.66. The molecule has 0 unspecified atom stereocenters. The number of carbonyl (C=O) groups is 1. The minimum absolute atomic E-state index is 0.182. The largest absolute Gasteiger partial charge is 0.420 e. The predicted octanol–water partition coefficient (Wildman–Crippen LogP) is 3.91. The molecule has 0 fully saturated rings. The van der Waals surface area contributed by atoms with Crippen LogP contribution in [-0.2, 0) is 17.5 Å². The highest BCUT2D eigenvalue weighted by atomic mass is 35.5. The number of benzene rings is 2. The summed E-state index contributed by atoms with van der Waals surface area (Å²) in [6.07, 6.45) is -4.45. The van der Waals surface area contributed by atoms with Gasteiger partial charge in [0.15, 0.2) is 5.58 Å². The van der Waals surface area contributed by atoms with Crippen LogP contribution in [0.15, 0.2) is 51.7 Å². The summed E-state index contributed by atoms with van der Waals surface area (Å²) in [4.78, 5) is 23.9. The van der Waals surface area contributed by atoms with Gasteiger partial charge in [-0.3, -0.25) is 9.36 Å². The Morgan fingerprint density at radius 2 is 1.84 bits per heavy atom. The van der Waals surface area contributed by atoms with Crippen LogP contribution in [0.2, 0.25) is 5.02 Å². The van der Waals surface area contributed by atoms with E-state index in [-0.39, 0.29) is 17.8 Å². The van der Waals surface area contributed by atoms with E-state index in [9.17, 15) is 22.8 Å². The molecule has 1 heterocycles. The minimum Gasteiger partial charge on any atom is -0.408 e. The number of oxazole rings is 1. The van der Waals surface area contributed by atoms with Gasteiger partial charge in [-0.25, -0.2) is 4.79 Å². The van der Waals surface area contributed by atoms with Crippen molar-refractivity contribution in [3.05, 3.63) is 63.6 Å². The van der Waals surface area contributed by atoms with Gasteiger partial charge in [0.2, 0.25) is 5.91 Å². The number of rotatable bonds is 3. The molecule has 0 radical (unpaired) electrons. The van der Waals surface area contributed by atoms with Crippen molar-refractivity contribution in [3.63, 3.8) is 0 Å². The smallest absolute Gasteiger partial charge is 0.408 e. The van der Waals surface area contributed by atoms with Crippen molar-refractivity contribution >= 4 is 34.3 Å². The van der Waals surface area contributed by atoms with Gasteiger partial charge >= 0.3 is 11.9 Å². The van der Waals surface area contributed by atoms with Crippen molar-refractivity contribution in [2.45, 2.75) is 12.7 Å². The van der Waals surface area contributed by atoms with E-state index >= 15 is 0 Å². The molecule has 1 aromatic heterocycles. The number of halogens is 4. The van der Waals surface area contributed by atoms with Gasteiger partial charge in [-0.05, 0) is 36.4 Å². The van der Waals surface area contributed by atoms with Crippen LogP contribution in [0.3, 0.4) is 0 Å². The molecule has 0 aliphatic carbocycles. The van der Waals surface area contributed by atoms with E-state index in [1.54, 1.807) is 6.07 Å². The van der Waals surface area contributed by atoms with Gasteiger partial charge in [0.25, 0.3) is 0 Å². The summed E-state index contributed by atoms with van der Waals surface area (Å²) in [6, 6.07) is 8.52. The summed E-state index contributed by atoms with van der Waals surface area (Å²) >= 11 is 5.81. The average molecular weight is 371 g/mol. The summed E-state index contributed by atoms with van der Waals surface area (Å²) < 4.78 is 43.6. The second-order valence-corrected chi connectivity index (χ2v) is 5.63. The van der Waals surface area contributed by atoms with Crippen LogP contribution in [0.25, 0.3) is 11.1 Å². The van der Waals surface area contributed by atoms with Gasteiger partial charge in [-0.1, -0.05) is 11.6 Å². The lowest BCUT2D eigenvalue weighted by molar-refractivity contribution is -0.137. The zero-order valence-electron chi connectivity index (χ0n) is 12.4. The first-order chi connectivity index (χ1) is 11.7. The number of hydrogen-bond donors (Lipinski definition) is 1. The lowest BCUT2D eigenvalue weighted by Crippen LogP contribution is -2.24. The Balaban J connectivity index is 1.77. The predicted molar refractivity (Wildman–Crippen MR) is 85.6 cm³/mol. The second kappa shape index (κ2) is 6.29. The molecule has 9 heteroatoms. The number of fused-ring (bicyclic) bond motifs is 1. The Morgan fingerprint density at radius 1 is 1.16 bits per heavy atom. The fraction of sp³-hybridized carbons (Fsp3) is 0.125. The van der Waals surface area contributed by atoms with Gasteiger partial charge in [-0.2, -0.15) is 13.2 Å². The highest BCUT2D eigenvalue weighted by Gasteiger charge is 2.30. The van der Waals surface area contributed by atoms with Crippen LogP contribution in [0.4, 0.5) is 18.9 Å². The van der Waals surface area contributed by atoms with Gasteiger partial charge < -0.3 is 9.73 Å². The van der Waals surface area contributed by atoms with E-state index in [0.717, 1.165) is 28.8 Å². The van der Waals surface area contributed by atoms with Crippen molar-refractivity contribution in [2.75, 3.05) is 5.32 Å². The molecule has 0 atom stereocenters. The number of amides is 1. The standard InChI is InChI=1S/C16H10ClF3N2O3/c17-10-3-6-12-13(7-10)25-15(24)22(12)8-14(23)21-11-4-1-9(2-5-11)16(18,19)20/h1-7H,8H2,(H,21,23). The van der Waals surface area contributed by atoms with Gasteiger partial charge in [0.1, 0.15) is 6.54 Å². The topological polar surface area (TPSA) is 64.2 Å². The molecule has 0 spiro atoms. The molecule has 2 aromatic carbocycles. The van der Waals surface area contributed by atoms with E-state index in [1.807, 2.05) is 0 Å². The first-order valence-corrected chi connectivity index (χ1v) is 7.38. The molecular formula is C16H10ClF3N2O3. The molecule has 0 bridgehead atoms. The molecule has 1 N–H and O–H groups in total. The Morgan fingerprint density at radius 3 is 2.48 bits per heavy atom. The lowest BCUT2D eigenvalue weighted by atomic mass is 10.2. The van der Waals surface area contributed by atoms with E-state index in [0.29, 0.717) is 10.5 Å². The average Bonchev–Trinajstić information content (AvgIpc) is 2.82. The summed E-state index contributed by atoms with van der Waals surface area (Å²) in [5.74, 6) is -1.32. The Hall–Kier alpha value is -2.74.